The fraction of sp³-hybridized carbons (Fsp3) is 0.824. The van der Waals surface area contributed by atoms with Crippen LogP contribution in [-0.2, 0) is 38.1 Å². The van der Waals surface area contributed by atoms with Gasteiger partial charge in [0.15, 0.2) is 6.29 Å². The third kappa shape index (κ3) is 8.59. The normalized spacial score (nSPS) is 38.5. The largest absolute Gasteiger partial charge is 0.480 e. The standard InChI is InChI=1S/C34H52N2O18/c1-34(2,3)54-33(49)35-16(31(47)48)6-4-5-7-36-29(45)19-20(30(36)46)28-15(12-51-32-26(44)25(43)23(41)18(10-38)52-32)14(27(19)53-28)11-50-17-8-13(9-37)21(39)24(42)22(17)40/h13,16-28,32,37-44H,4-12H2,1-3H3,(H,35,49)(H,47,48)/t13?,16?,17-,18?,19?,20?,21+,22?,23+,24+,25+,26?,27?,28?,32-/m1/s1. The fourth-order valence-electron chi connectivity index (χ4n) is 7.80. The molecule has 20 heteroatoms. The lowest BCUT2D eigenvalue weighted by molar-refractivity contribution is -0.299. The number of carbonyl (C=O) groups is 4. The number of hydrogen-bond donors (Lipinski definition) is 10. The number of alkyl carbamates (subject to hydrolysis) is 1. The van der Waals surface area contributed by atoms with E-state index in [2.05, 4.69) is 5.32 Å². The number of unbranched alkanes of at least 4 members (excludes halogenated alkanes) is 1. The topological polar surface area (TPSA) is 312 Å². The van der Waals surface area contributed by atoms with Gasteiger partial charge in [0.25, 0.3) is 0 Å². The van der Waals surface area contributed by atoms with Crippen molar-refractivity contribution in [2.75, 3.05) is 33.0 Å². The Balaban J connectivity index is 1.29. The Morgan fingerprint density at radius 1 is 0.815 bits per heavy atom. The predicted molar refractivity (Wildman–Crippen MR) is 177 cm³/mol. The highest BCUT2D eigenvalue weighted by molar-refractivity contribution is 6.07. The van der Waals surface area contributed by atoms with Crippen LogP contribution in [0.3, 0.4) is 0 Å². The summed E-state index contributed by atoms with van der Waals surface area (Å²) in [7, 11) is 0. The molecule has 0 aromatic rings. The number of rotatable bonds is 15. The van der Waals surface area contributed by atoms with E-state index in [4.69, 9.17) is 23.7 Å². The van der Waals surface area contributed by atoms with Crippen LogP contribution in [0.2, 0.25) is 0 Å². The maximum atomic E-state index is 13.8. The van der Waals surface area contributed by atoms with E-state index in [0.29, 0.717) is 11.1 Å². The van der Waals surface area contributed by atoms with Gasteiger partial charge in [-0.3, -0.25) is 14.5 Å². The van der Waals surface area contributed by atoms with Gasteiger partial charge in [0.1, 0.15) is 48.3 Å². The zero-order valence-corrected chi connectivity index (χ0v) is 30.2. The molecular formula is C34H52N2O18. The highest BCUT2D eigenvalue weighted by Gasteiger charge is 2.65. The molecule has 9 unspecified atom stereocenters. The third-order valence-electron chi connectivity index (χ3n) is 10.7. The zero-order valence-electron chi connectivity index (χ0n) is 30.2. The number of imide groups is 1. The molecular weight excluding hydrogens is 724 g/mol. The van der Waals surface area contributed by atoms with E-state index in [1.54, 1.807) is 20.8 Å². The average Bonchev–Trinajstić information content (AvgIpc) is 3.74. The number of ether oxygens (including phenoxy) is 5. The van der Waals surface area contributed by atoms with Gasteiger partial charge >= 0.3 is 12.1 Å². The van der Waals surface area contributed by atoms with E-state index < -0.39 is 134 Å². The average molecular weight is 777 g/mol. The quantitative estimate of drug-likeness (QED) is 0.0432. The number of hydrogen-bond acceptors (Lipinski definition) is 17. The summed E-state index contributed by atoms with van der Waals surface area (Å²) in [5.74, 6) is -5.14. The van der Waals surface area contributed by atoms with Gasteiger partial charge in [-0.15, -0.1) is 0 Å². The second kappa shape index (κ2) is 17.1. The fourth-order valence-corrected chi connectivity index (χ4v) is 7.80. The first-order valence-corrected chi connectivity index (χ1v) is 18.0. The molecule has 0 aromatic heterocycles. The maximum Gasteiger partial charge on any atom is 0.408 e. The molecule has 0 aromatic carbocycles. The van der Waals surface area contributed by atoms with Crippen molar-refractivity contribution >= 4 is 23.9 Å². The molecule has 1 aliphatic carbocycles. The molecule has 3 amide bonds. The first-order chi connectivity index (χ1) is 25.4. The second-order valence-electron chi connectivity index (χ2n) is 15.4. The van der Waals surface area contributed by atoms with Crippen LogP contribution < -0.4 is 5.32 Å². The summed E-state index contributed by atoms with van der Waals surface area (Å²) in [6.45, 7) is 2.96. The van der Waals surface area contributed by atoms with Gasteiger partial charge in [0.05, 0.1) is 56.1 Å². The van der Waals surface area contributed by atoms with Crippen molar-refractivity contribution in [2.45, 2.75) is 125 Å². The minimum absolute atomic E-state index is 0.00955. The lowest BCUT2D eigenvalue weighted by Gasteiger charge is -2.40. The Kier molecular flexibility index (Phi) is 13.4. The van der Waals surface area contributed by atoms with Gasteiger partial charge < -0.3 is 75.0 Å². The number of aliphatic carboxylic acids is 1. The second-order valence-corrected chi connectivity index (χ2v) is 15.4. The van der Waals surface area contributed by atoms with Crippen molar-refractivity contribution in [3.63, 3.8) is 0 Å². The van der Waals surface area contributed by atoms with E-state index >= 15 is 0 Å². The molecule has 5 rings (SSSR count). The monoisotopic (exact) mass is 776 g/mol. The van der Waals surface area contributed by atoms with Crippen LogP contribution >= 0.6 is 0 Å². The van der Waals surface area contributed by atoms with E-state index in [0.717, 1.165) is 4.90 Å². The Morgan fingerprint density at radius 3 is 1.96 bits per heavy atom. The van der Waals surface area contributed by atoms with Crippen LogP contribution in [0.15, 0.2) is 11.1 Å². The Bertz CT molecular complexity index is 1340. The van der Waals surface area contributed by atoms with E-state index in [-0.39, 0.29) is 45.4 Å². The van der Waals surface area contributed by atoms with Crippen LogP contribution in [0, 0.1) is 17.8 Å². The van der Waals surface area contributed by atoms with Gasteiger partial charge in [-0.25, -0.2) is 9.59 Å². The molecule has 5 aliphatic rings. The van der Waals surface area contributed by atoms with Gasteiger partial charge in [0.2, 0.25) is 11.8 Å². The van der Waals surface area contributed by atoms with Gasteiger partial charge in [0, 0.05) is 19.1 Å². The van der Waals surface area contributed by atoms with Crippen molar-refractivity contribution in [1.29, 1.82) is 0 Å². The number of fused-ring (bicyclic) bond motifs is 5. The molecule has 54 heavy (non-hydrogen) atoms. The molecule has 10 N–H and O–H groups in total. The summed E-state index contributed by atoms with van der Waals surface area (Å²) < 4.78 is 28.6. The molecule has 4 fully saturated rings. The summed E-state index contributed by atoms with van der Waals surface area (Å²) in [6.07, 6.45) is -16.0. The predicted octanol–water partition coefficient (Wildman–Crippen LogP) is -3.89. The van der Waals surface area contributed by atoms with Crippen molar-refractivity contribution in [3.8, 4) is 0 Å². The molecule has 4 aliphatic heterocycles. The number of nitrogens with zero attached hydrogens (tertiary/aromatic N) is 1. The molecule has 4 heterocycles. The van der Waals surface area contributed by atoms with E-state index in [9.17, 15) is 65.1 Å². The molecule has 0 radical (unpaired) electrons. The number of carboxylic acid groups (broad SMARTS) is 1. The van der Waals surface area contributed by atoms with Crippen LogP contribution in [-0.4, -0.2) is 187 Å². The van der Waals surface area contributed by atoms with Crippen molar-refractivity contribution in [1.82, 2.24) is 10.2 Å². The SMILES string of the molecule is CC(C)(C)OC(=O)NC(CCCCN1C(=O)C2C3OC(C(CO[C@@H]4CC(CO)[C@H](O)[C@H](O)C4O)=C3CO[C@@H]3OC(CO)[C@H](O)[C@H](O)C3O)C2C1=O)C(=O)O. The van der Waals surface area contributed by atoms with Gasteiger partial charge in [-0.05, 0) is 57.6 Å². The van der Waals surface area contributed by atoms with Crippen LogP contribution in [0.1, 0.15) is 46.5 Å². The summed E-state index contributed by atoms with van der Waals surface area (Å²) in [5, 5.41) is 93.4. The Hall–Kier alpha value is -2.86. The molecule has 306 valence electrons. The highest BCUT2D eigenvalue weighted by Crippen LogP contribution is 2.52. The van der Waals surface area contributed by atoms with Gasteiger partial charge in [-0.2, -0.15) is 0 Å². The Labute approximate surface area is 310 Å². The number of likely N-dealkylation sites (tertiary alicyclic amines) is 1. The zero-order chi connectivity index (χ0) is 39.8. The number of carbonyl (C=O) groups excluding carboxylic acids is 3. The van der Waals surface area contributed by atoms with Crippen LogP contribution in [0.5, 0.6) is 0 Å². The van der Waals surface area contributed by atoms with Crippen LogP contribution in [0.4, 0.5) is 4.79 Å². The Morgan fingerprint density at radius 2 is 1.41 bits per heavy atom. The first kappa shape index (κ1) is 42.3. The summed E-state index contributed by atoms with van der Waals surface area (Å²) >= 11 is 0. The molecule has 20 nitrogen and oxygen atoms in total. The lowest BCUT2D eigenvalue weighted by Crippen LogP contribution is -2.59. The molecule has 2 bridgehead atoms. The van der Waals surface area contributed by atoms with Crippen LogP contribution in [0.25, 0.3) is 0 Å². The molecule has 0 spiro atoms. The molecule has 15 atom stereocenters. The molecule has 3 saturated heterocycles. The minimum Gasteiger partial charge on any atom is -0.480 e. The first-order valence-electron chi connectivity index (χ1n) is 18.0. The summed E-state index contributed by atoms with van der Waals surface area (Å²) in [6, 6.07) is -1.27. The van der Waals surface area contributed by atoms with Crippen molar-refractivity contribution < 1.29 is 88.8 Å². The highest BCUT2D eigenvalue weighted by atomic mass is 16.7. The third-order valence-corrected chi connectivity index (χ3v) is 10.7. The lowest BCUT2D eigenvalue weighted by atomic mass is 9.77. The summed E-state index contributed by atoms with van der Waals surface area (Å²) in [5.41, 5.74) is -0.146. The minimum atomic E-state index is -1.73. The van der Waals surface area contributed by atoms with Crippen molar-refractivity contribution in [2.24, 2.45) is 17.8 Å². The number of carboxylic acids is 1. The van der Waals surface area contributed by atoms with Crippen molar-refractivity contribution in [3.05, 3.63) is 11.1 Å². The molecule has 1 saturated carbocycles. The number of amides is 3. The maximum absolute atomic E-state index is 13.8. The van der Waals surface area contributed by atoms with Gasteiger partial charge in [-0.1, -0.05) is 0 Å². The number of nitrogens with one attached hydrogen (secondary N) is 1. The number of aliphatic hydroxyl groups excluding tert-OH is 8. The number of aliphatic hydroxyl groups is 8. The summed E-state index contributed by atoms with van der Waals surface area (Å²) in [4.78, 5) is 52.5. The van der Waals surface area contributed by atoms with E-state index in [1.807, 2.05) is 0 Å². The van der Waals surface area contributed by atoms with E-state index in [1.165, 1.54) is 0 Å². The smallest absolute Gasteiger partial charge is 0.408 e.